The highest BCUT2D eigenvalue weighted by molar-refractivity contribution is 5.67. The predicted octanol–water partition coefficient (Wildman–Crippen LogP) is 10.8. The lowest BCUT2D eigenvalue weighted by Crippen LogP contribution is -2.37. The first kappa shape index (κ1) is 34.0. The minimum atomic E-state index is -3.71. The summed E-state index contributed by atoms with van der Waals surface area (Å²) in [7, 11) is 0. The van der Waals surface area contributed by atoms with Crippen molar-refractivity contribution in [3.8, 4) is 16.9 Å². The molecule has 0 spiro atoms. The van der Waals surface area contributed by atoms with Gasteiger partial charge in [0.15, 0.2) is 23.7 Å². The highest BCUT2D eigenvalue weighted by Gasteiger charge is 2.44. The van der Waals surface area contributed by atoms with Gasteiger partial charge in [0, 0.05) is 34.7 Å². The van der Waals surface area contributed by atoms with E-state index in [1.165, 1.54) is 24.6 Å². The molecule has 1 saturated heterocycles. The maximum absolute atomic E-state index is 15.1. The largest absolute Gasteiger partial charge is 0.432 e. The second kappa shape index (κ2) is 15.0. The summed E-state index contributed by atoms with van der Waals surface area (Å²) in [4.78, 5) is 0. The smallest absolute Gasteiger partial charge is 0.400 e. The summed E-state index contributed by atoms with van der Waals surface area (Å²) in [6.07, 6.45) is 4.29. The van der Waals surface area contributed by atoms with Gasteiger partial charge in [-0.25, -0.2) is 22.0 Å². The molecule has 0 radical (unpaired) electrons. The van der Waals surface area contributed by atoms with Gasteiger partial charge < -0.3 is 14.2 Å². The molecule has 0 bridgehead atoms. The van der Waals surface area contributed by atoms with Gasteiger partial charge in [-0.05, 0) is 55.7 Å². The molecule has 0 amide bonds. The third-order valence-corrected chi connectivity index (χ3v) is 8.77. The number of unbranched alkanes of at least 4 members (excludes halogenated alkanes) is 2. The van der Waals surface area contributed by atoms with Crippen molar-refractivity contribution in [3.05, 3.63) is 94.8 Å². The molecule has 1 heterocycles. The van der Waals surface area contributed by atoms with E-state index < -0.39 is 53.2 Å². The molecule has 46 heavy (non-hydrogen) atoms. The van der Waals surface area contributed by atoms with Gasteiger partial charge >= 0.3 is 6.11 Å². The molecule has 3 aromatic rings. The molecular formula is C36H37F7O3. The molecule has 5 rings (SSSR count). The number of ether oxygens (including phenoxy) is 3. The van der Waals surface area contributed by atoms with Crippen LogP contribution in [-0.4, -0.2) is 19.3 Å². The molecule has 10 heteroatoms. The van der Waals surface area contributed by atoms with Crippen molar-refractivity contribution in [1.82, 2.24) is 0 Å². The minimum Gasteiger partial charge on any atom is -0.432 e. The Morgan fingerprint density at radius 3 is 2.13 bits per heavy atom. The molecule has 1 saturated carbocycles. The SMILES string of the molecule is CCCCCC1COC(c2ccc(-c3ccc(C=CC4CCC(C(F)(F)Oc5cc(F)c(F)c(F)c5)CC4)c(F)c3)c(F)c2)OC1. The summed E-state index contributed by atoms with van der Waals surface area (Å²) in [6.45, 7) is 3.27. The Morgan fingerprint density at radius 1 is 0.804 bits per heavy atom. The second-order valence-corrected chi connectivity index (χ2v) is 12.2. The summed E-state index contributed by atoms with van der Waals surface area (Å²) < 4.78 is 116. The summed E-state index contributed by atoms with van der Waals surface area (Å²) in [5.41, 5.74) is 1.43. The van der Waals surface area contributed by atoms with Crippen molar-refractivity contribution in [1.29, 1.82) is 0 Å². The van der Waals surface area contributed by atoms with Gasteiger partial charge in [0.05, 0.1) is 19.1 Å². The van der Waals surface area contributed by atoms with Crippen molar-refractivity contribution in [2.75, 3.05) is 13.2 Å². The van der Waals surface area contributed by atoms with Crippen LogP contribution < -0.4 is 4.74 Å². The standard InChI is InChI=1S/C36H37F7O3/c1-2-3-4-5-23-20-44-35(45-21-23)26-12-15-29(31(38)17-26)25-11-10-24(30(37)16-25)9-6-22-7-13-27(14-8-22)36(42,43)46-28-18-32(39)34(41)33(40)19-28/h6,9-12,15-19,22-23,27,35H,2-5,7-8,13-14,20-21H2,1H3. The number of hydrogen-bond donors (Lipinski definition) is 0. The lowest BCUT2D eigenvalue weighted by Gasteiger charge is -2.32. The molecule has 1 aliphatic heterocycles. The van der Waals surface area contributed by atoms with Gasteiger partial charge in [0.2, 0.25) is 0 Å². The molecule has 1 aliphatic carbocycles. The molecule has 0 aromatic heterocycles. The van der Waals surface area contributed by atoms with Crippen LogP contribution in [0.25, 0.3) is 17.2 Å². The van der Waals surface area contributed by atoms with Crippen molar-refractivity contribution in [2.24, 2.45) is 17.8 Å². The van der Waals surface area contributed by atoms with Crippen molar-refractivity contribution >= 4 is 6.08 Å². The Kier molecular flexibility index (Phi) is 11.1. The average molecular weight is 651 g/mol. The number of alkyl halides is 2. The van der Waals surface area contributed by atoms with Gasteiger partial charge in [0.1, 0.15) is 17.4 Å². The molecule has 248 valence electrons. The van der Waals surface area contributed by atoms with Gasteiger partial charge in [0.25, 0.3) is 0 Å². The van der Waals surface area contributed by atoms with Crippen molar-refractivity contribution in [3.63, 3.8) is 0 Å². The average Bonchev–Trinajstić information content (AvgIpc) is 3.03. The Balaban J connectivity index is 1.14. The van der Waals surface area contributed by atoms with Crippen LogP contribution in [0.5, 0.6) is 5.75 Å². The van der Waals surface area contributed by atoms with E-state index in [0.29, 0.717) is 55.2 Å². The fraction of sp³-hybridized carbons (Fsp3) is 0.444. The third-order valence-electron chi connectivity index (χ3n) is 8.77. The zero-order valence-corrected chi connectivity index (χ0v) is 25.5. The van der Waals surface area contributed by atoms with Crippen LogP contribution in [0, 0.1) is 46.8 Å². The van der Waals surface area contributed by atoms with E-state index in [4.69, 9.17) is 9.47 Å². The third kappa shape index (κ3) is 8.31. The highest BCUT2D eigenvalue weighted by Crippen LogP contribution is 2.41. The van der Waals surface area contributed by atoms with E-state index in [0.717, 1.165) is 19.3 Å². The summed E-state index contributed by atoms with van der Waals surface area (Å²) >= 11 is 0. The molecule has 0 atom stereocenters. The molecule has 0 N–H and O–H groups in total. The van der Waals surface area contributed by atoms with Crippen LogP contribution in [0.3, 0.4) is 0 Å². The summed E-state index contributed by atoms with van der Waals surface area (Å²) in [5.74, 6) is -7.86. The van der Waals surface area contributed by atoms with Gasteiger partial charge in [-0.2, -0.15) is 8.78 Å². The number of hydrogen-bond acceptors (Lipinski definition) is 3. The zero-order chi connectivity index (χ0) is 32.8. The van der Waals surface area contributed by atoms with Gasteiger partial charge in [-0.3, -0.25) is 0 Å². The maximum Gasteiger partial charge on any atom is 0.400 e. The molecule has 2 fully saturated rings. The Bertz CT molecular complexity index is 1490. The molecule has 3 aromatic carbocycles. The van der Waals surface area contributed by atoms with Crippen LogP contribution in [0.4, 0.5) is 30.7 Å². The summed E-state index contributed by atoms with van der Waals surface area (Å²) in [5, 5.41) is 0. The van der Waals surface area contributed by atoms with Crippen LogP contribution >= 0.6 is 0 Å². The van der Waals surface area contributed by atoms with Gasteiger partial charge in [-0.15, -0.1) is 0 Å². The zero-order valence-electron chi connectivity index (χ0n) is 25.5. The lowest BCUT2D eigenvalue weighted by atomic mass is 9.81. The minimum absolute atomic E-state index is 0.0569. The topological polar surface area (TPSA) is 27.7 Å². The van der Waals surface area contributed by atoms with E-state index in [1.807, 2.05) is 0 Å². The van der Waals surface area contributed by atoms with E-state index in [2.05, 4.69) is 11.7 Å². The predicted molar refractivity (Wildman–Crippen MR) is 160 cm³/mol. The molecule has 3 nitrogen and oxygen atoms in total. The van der Waals surface area contributed by atoms with Crippen LogP contribution in [-0.2, 0) is 9.47 Å². The van der Waals surface area contributed by atoms with Crippen molar-refractivity contribution < 1.29 is 44.9 Å². The molecule has 2 aliphatic rings. The van der Waals surface area contributed by atoms with Crippen LogP contribution in [0.15, 0.2) is 54.6 Å². The monoisotopic (exact) mass is 650 g/mol. The first-order chi connectivity index (χ1) is 22.0. The Morgan fingerprint density at radius 2 is 1.50 bits per heavy atom. The van der Waals surface area contributed by atoms with Crippen LogP contribution in [0.2, 0.25) is 0 Å². The van der Waals surface area contributed by atoms with E-state index in [9.17, 15) is 22.0 Å². The first-order valence-corrected chi connectivity index (χ1v) is 15.8. The number of benzene rings is 3. The fourth-order valence-electron chi connectivity index (χ4n) is 6.05. The van der Waals surface area contributed by atoms with E-state index in [-0.39, 0.29) is 29.9 Å². The van der Waals surface area contributed by atoms with Gasteiger partial charge in [-0.1, -0.05) is 62.6 Å². The number of halogens is 7. The fourth-order valence-corrected chi connectivity index (χ4v) is 6.05. The summed E-state index contributed by atoms with van der Waals surface area (Å²) in [6, 6.07) is 9.82. The van der Waals surface area contributed by atoms with Crippen molar-refractivity contribution in [2.45, 2.75) is 70.7 Å². The Hall–Kier alpha value is -3.37. The first-order valence-electron chi connectivity index (χ1n) is 15.8. The second-order valence-electron chi connectivity index (χ2n) is 12.2. The molecule has 0 unspecified atom stereocenters. The lowest BCUT2D eigenvalue weighted by molar-refractivity contribution is -0.223. The highest BCUT2D eigenvalue weighted by atomic mass is 19.3. The number of allylic oxidation sites excluding steroid dienone is 1. The normalized spacial score (nSPS) is 22.3. The Labute approximate surface area is 264 Å². The molecular weight excluding hydrogens is 613 g/mol. The quantitative estimate of drug-likeness (QED) is 0.117. The maximum atomic E-state index is 15.1. The van der Waals surface area contributed by atoms with E-state index >= 15 is 8.78 Å². The van der Waals surface area contributed by atoms with Crippen LogP contribution in [0.1, 0.15) is 75.7 Å². The number of rotatable bonds is 11. The van der Waals surface area contributed by atoms with E-state index in [1.54, 1.807) is 30.4 Å².